The van der Waals surface area contributed by atoms with Gasteiger partial charge in [0.1, 0.15) is 17.0 Å². The Morgan fingerprint density at radius 2 is 1.95 bits per heavy atom. The van der Waals surface area contributed by atoms with Crippen molar-refractivity contribution in [3.8, 4) is 23.0 Å². The molecule has 0 aliphatic carbocycles. The molecular formula is C15H13ClN2O3. The first-order valence-corrected chi connectivity index (χ1v) is 6.58. The number of nitrogen functional groups attached to an aromatic ring is 1. The molecule has 0 aliphatic heterocycles. The number of aromatic nitrogens is 1. The van der Waals surface area contributed by atoms with E-state index in [9.17, 15) is 0 Å². The molecule has 2 N–H and O–H groups in total. The van der Waals surface area contributed by atoms with Gasteiger partial charge in [-0.15, -0.1) is 0 Å². The number of nitrogens with zero attached hydrogens (tertiary/aromatic N) is 1. The molecule has 3 rings (SSSR count). The normalized spacial score (nSPS) is 10.8. The maximum atomic E-state index is 6.07. The third-order valence-electron chi connectivity index (χ3n) is 3.14. The molecule has 0 fully saturated rings. The Balaban J connectivity index is 2.18. The van der Waals surface area contributed by atoms with Crippen LogP contribution in [-0.2, 0) is 0 Å². The number of hydrogen-bond acceptors (Lipinski definition) is 5. The zero-order chi connectivity index (χ0) is 15.0. The first kappa shape index (κ1) is 13.6. The molecule has 108 valence electrons. The molecule has 0 saturated carbocycles. The number of ether oxygens (including phenoxy) is 2. The maximum Gasteiger partial charge on any atom is 0.231 e. The fourth-order valence-electron chi connectivity index (χ4n) is 2.05. The van der Waals surface area contributed by atoms with Crippen LogP contribution < -0.4 is 15.2 Å². The highest BCUT2D eigenvalue weighted by molar-refractivity contribution is 6.33. The second kappa shape index (κ2) is 5.18. The monoisotopic (exact) mass is 304 g/mol. The molecule has 0 radical (unpaired) electrons. The van der Waals surface area contributed by atoms with Crippen LogP contribution >= 0.6 is 11.6 Å². The molecule has 1 aromatic heterocycles. The summed E-state index contributed by atoms with van der Waals surface area (Å²) >= 11 is 6.07. The van der Waals surface area contributed by atoms with E-state index in [0.717, 1.165) is 0 Å². The van der Waals surface area contributed by atoms with Crippen molar-refractivity contribution in [2.45, 2.75) is 0 Å². The molecular weight excluding hydrogens is 292 g/mol. The summed E-state index contributed by atoms with van der Waals surface area (Å²) in [5.74, 6) is 1.68. The lowest BCUT2D eigenvalue weighted by Gasteiger charge is -2.07. The lowest BCUT2D eigenvalue weighted by atomic mass is 10.2. The summed E-state index contributed by atoms with van der Waals surface area (Å²) < 4.78 is 16.2. The summed E-state index contributed by atoms with van der Waals surface area (Å²) in [5.41, 5.74) is 8.21. The fraction of sp³-hybridized carbons (Fsp3) is 0.133. The zero-order valence-corrected chi connectivity index (χ0v) is 12.3. The highest BCUT2D eigenvalue weighted by Crippen LogP contribution is 2.37. The van der Waals surface area contributed by atoms with Crippen LogP contribution in [0.2, 0.25) is 5.02 Å². The first-order valence-electron chi connectivity index (χ1n) is 6.20. The van der Waals surface area contributed by atoms with Gasteiger partial charge in [-0.2, -0.15) is 0 Å². The number of anilines is 1. The molecule has 21 heavy (non-hydrogen) atoms. The summed E-state index contributed by atoms with van der Waals surface area (Å²) in [7, 11) is 3.16. The van der Waals surface area contributed by atoms with Crippen LogP contribution in [0.4, 0.5) is 5.69 Å². The van der Waals surface area contributed by atoms with Gasteiger partial charge in [0.15, 0.2) is 5.58 Å². The Bertz CT molecular complexity index is 814. The summed E-state index contributed by atoms with van der Waals surface area (Å²) in [6, 6.07) is 8.74. The van der Waals surface area contributed by atoms with Gasteiger partial charge in [0.2, 0.25) is 5.89 Å². The van der Waals surface area contributed by atoms with Crippen molar-refractivity contribution in [3.05, 3.63) is 35.4 Å². The van der Waals surface area contributed by atoms with Crippen molar-refractivity contribution in [3.63, 3.8) is 0 Å². The Morgan fingerprint density at radius 3 is 2.67 bits per heavy atom. The maximum absolute atomic E-state index is 6.07. The van der Waals surface area contributed by atoms with E-state index in [1.54, 1.807) is 38.5 Å². The minimum atomic E-state index is 0.414. The molecule has 0 spiro atoms. The molecule has 0 amide bonds. The predicted molar refractivity (Wildman–Crippen MR) is 82.0 cm³/mol. The van der Waals surface area contributed by atoms with Gasteiger partial charge in [-0.3, -0.25) is 0 Å². The third-order valence-corrected chi connectivity index (χ3v) is 3.47. The number of rotatable bonds is 3. The van der Waals surface area contributed by atoms with E-state index in [2.05, 4.69) is 4.98 Å². The van der Waals surface area contributed by atoms with E-state index in [-0.39, 0.29) is 0 Å². The van der Waals surface area contributed by atoms with E-state index in [4.69, 9.17) is 31.2 Å². The van der Waals surface area contributed by atoms with Crippen LogP contribution in [0.15, 0.2) is 34.7 Å². The van der Waals surface area contributed by atoms with Crippen molar-refractivity contribution in [2.24, 2.45) is 0 Å². The molecule has 1 heterocycles. The Labute approximate surface area is 126 Å². The van der Waals surface area contributed by atoms with Crippen molar-refractivity contribution in [1.82, 2.24) is 4.98 Å². The minimum absolute atomic E-state index is 0.414. The predicted octanol–water partition coefficient (Wildman–Crippen LogP) is 3.75. The number of hydrogen-bond donors (Lipinski definition) is 1. The quantitative estimate of drug-likeness (QED) is 0.746. The molecule has 0 bridgehead atoms. The highest BCUT2D eigenvalue weighted by Gasteiger charge is 2.16. The van der Waals surface area contributed by atoms with Crippen LogP contribution in [0.3, 0.4) is 0 Å². The van der Waals surface area contributed by atoms with Crippen molar-refractivity contribution in [2.75, 3.05) is 20.0 Å². The van der Waals surface area contributed by atoms with E-state index >= 15 is 0 Å². The van der Waals surface area contributed by atoms with Crippen LogP contribution in [0.25, 0.3) is 22.6 Å². The summed E-state index contributed by atoms with van der Waals surface area (Å²) in [5, 5.41) is 0.422. The molecule has 0 saturated heterocycles. The van der Waals surface area contributed by atoms with Gasteiger partial charge in [0, 0.05) is 12.1 Å². The van der Waals surface area contributed by atoms with Gasteiger partial charge in [-0.1, -0.05) is 11.6 Å². The zero-order valence-electron chi connectivity index (χ0n) is 11.5. The SMILES string of the molecule is COc1ccc2oc(-c3cc(Cl)c(N)cc3OC)nc2c1. The largest absolute Gasteiger partial charge is 0.497 e. The van der Waals surface area contributed by atoms with E-state index in [1.807, 2.05) is 6.07 Å². The molecule has 0 atom stereocenters. The Kier molecular flexibility index (Phi) is 3.35. The van der Waals surface area contributed by atoms with Gasteiger partial charge in [0.25, 0.3) is 0 Å². The number of fused-ring (bicyclic) bond motifs is 1. The highest BCUT2D eigenvalue weighted by atomic mass is 35.5. The number of nitrogens with two attached hydrogens (primary N) is 1. The molecule has 5 nitrogen and oxygen atoms in total. The summed E-state index contributed by atoms with van der Waals surface area (Å²) in [6.07, 6.45) is 0. The second-order valence-electron chi connectivity index (χ2n) is 4.43. The van der Waals surface area contributed by atoms with Crippen LogP contribution in [0.5, 0.6) is 11.5 Å². The van der Waals surface area contributed by atoms with Crippen molar-refractivity contribution >= 4 is 28.4 Å². The lowest BCUT2D eigenvalue weighted by Crippen LogP contribution is -1.93. The minimum Gasteiger partial charge on any atom is -0.497 e. The first-order chi connectivity index (χ1) is 10.1. The van der Waals surface area contributed by atoms with Crippen LogP contribution in [0, 0.1) is 0 Å². The molecule has 6 heteroatoms. The van der Waals surface area contributed by atoms with Gasteiger partial charge in [-0.05, 0) is 18.2 Å². The fourth-order valence-corrected chi connectivity index (χ4v) is 2.22. The number of oxazole rings is 1. The molecule has 0 aliphatic rings. The third kappa shape index (κ3) is 2.36. The molecule has 3 aromatic rings. The standard InChI is InChI=1S/C15H13ClN2O3/c1-19-8-3-4-13-12(5-8)18-15(21-13)9-6-10(16)11(17)7-14(9)20-2/h3-7H,17H2,1-2H3. The van der Waals surface area contributed by atoms with Gasteiger partial charge < -0.3 is 19.6 Å². The lowest BCUT2D eigenvalue weighted by molar-refractivity contribution is 0.414. The molecule has 0 unspecified atom stereocenters. The van der Waals surface area contributed by atoms with Crippen molar-refractivity contribution in [1.29, 1.82) is 0 Å². The van der Waals surface area contributed by atoms with Crippen LogP contribution in [0.1, 0.15) is 0 Å². The van der Waals surface area contributed by atoms with Gasteiger partial charge in [-0.25, -0.2) is 4.98 Å². The van der Waals surface area contributed by atoms with E-state index in [0.29, 0.717) is 44.8 Å². The average molecular weight is 305 g/mol. The number of methoxy groups -OCH3 is 2. The van der Waals surface area contributed by atoms with Gasteiger partial charge in [0.05, 0.1) is 30.5 Å². The second-order valence-corrected chi connectivity index (χ2v) is 4.83. The topological polar surface area (TPSA) is 70.5 Å². The van der Waals surface area contributed by atoms with Crippen LogP contribution in [-0.4, -0.2) is 19.2 Å². The van der Waals surface area contributed by atoms with Crippen molar-refractivity contribution < 1.29 is 13.9 Å². The average Bonchev–Trinajstić information content (AvgIpc) is 2.92. The van der Waals surface area contributed by atoms with E-state index in [1.165, 1.54) is 0 Å². The Hall–Kier alpha value is -2.40. The number of halogens is 1. The smallest absolute Gasteiger partial charge is 0.231 e. The molecule has 2 aromatic carbocycles. The van der Waals surface area contributed by atoms with Gasteiger partial charge >= 0.3 is 0 Å². The van der Waals surface area contributed by atoms with E-state index < -0.39 is 0 Å². The Morgan fingerprint density at radius 1 is 1.14 bits per heavy atom. The summed E-state index contributed by atoms with van der Waals surface area (Å²) in [4.78, 5) is 4.44. The summed E-state index contributed by atoms with van der Waals surface area (Å²) in [6.45, 7) is 0. The number of benzene rings is 2.